The van der Waals surface area contributed by atoms with Crippen LogP contribution < -0.4 is 5.32 Å². The smallest absolute Gasteiger partial charge is 0.325 e. The molecule has 2 unspecified atom stereocenters. The number of amides is 1. The van der Waals surface area contributed by atoms with Crippen LogP contribution in [0.25, 0.3) is 0 Å². The highest BCUT2D eigenvalue weighted by atomic mass is 32.1. The van der Waals surface area contributed by atoms with Crippen LogP contribution in [-0.4, -0.2) is 28.8 Å². The highest BCUT2D eigenvalue weighted by Crippen LogP contribution is 2.37. The molecule has 2 N–H and O–H groups in total. The molecule has 0 aliphatic heterocycles. The molecule has 0 heterocycles. The number of thiol groups is 1. The van der Waals surface area contributed by atoms with Crippen molar-refractivity contribution in [2.45, 2.75) is 31.7 Å². The second-order valence-electron chi connectivity index (χ2n) is 5.23. The molecule has 2 rings (SSSR count). The summed E-state index contributed by atoms with van der Waals surface area (Å²) < 4.78 is 0. The van der Waals surface area contributed by atoms with E-state index >= 15 is 0 Å². The van der Waals surface area contributed by atoms with Gasteiger partial charge in [-0.3, -0.25) is 9.59 Å². The maximum absolute atomic E-state index is 12.4. The lowest BCUT2D eigenvalue weighted by molar-refractivity contribution is -0.141. The molecule has 1 aromatic carbocycles. The van der Waals surface area contributed by atoms with Crippen LogP contribution in [0.5, 0.6) is 0 Å². The third-order valence-corrected chi connectivity index (χ3v) is 4.36. The molecule has 0 bridgehead atoms. The average molecular weight is 293 g/mol. The Labute approximate surface area is 124 Å². The van der Waals surface area contributed by atoms with Gasteiger partial charge in [-0.05, 0) is 42.6 Å². The number of hydrogen-bond acceptors (Lipinski definition) is 3. The molecule has 4 nitrogen and oxygen atoms in total. The Kier molecular flexibility index (Phi) is 4.70. The molecular formula is C15H19NO3S. The molecule has 0 saturated heterocycles. The molecule has 0 aromatic heterocycles. The Morgan fingerprint density at radius 1 is 1.45 bits per heavy atom. The van der Waals surface area contributed by atoms with Gasteiger partial charge in [-0.25, -0.2) is 0 Å². The molecule has 20 heavy (non-hydrogen) atoms. The van der Waals surface area contributed by atoms with Crippen molar-refractivity contribution >= 4 is 24.5 Å². The SMILES string of the molecule is C[C@H](NC(=O)C1c2ccccc2CCC1CS)C(=O)O. The summed E-state index contributed by atoms with van der Waals surface area (Å²) in [6, 6.07) is 7.00. The molecular weight excluding hydrogens is 274 g/mol. The highest BCUT2D eigenvalue weighted by Gasteiger charge is 2.34. The zero-order valence-electron chi connectivity index (χ0n) is 11.4. The molecule has 0 saturated carbocycles. The fourth-order valence-electron chi connectivity index (χ4n) is 2.74. The maximum Gasteiger partial charge on any atom is 0.325 e. The monoisotopic (exact) mass is 293 g/mol. The number of fused-ring (bicyclic) bond motifs is 1. The van der Waals surface area contributed by atoms with Gasteiger partial charge in [0.2, 0.25) is 5.91 Å². The summed E-state index contributed by atoms with van der Waals surface area (Å²) in [4.78, 5) is 23.3. The van der Waals surface area contributed by atoms with Crippen LogP contribution in [-0.2, 0) is 16.0 Å². The van der Waals surface area contributed by atoms with Crippen LogP contribution in [0.3, 0.4) is 0 Å². The predicted molar refractivity (Wildman–Crippen MR) is 80.1 cm³/mol. The van der Waals surface area contributed by atoms with Crippen molar-refractivity contribution in [3.63, 3.8) is 0 Å². The summed E-state index contributed by atoms with van der Waals surface area (Å²) in [7, 11) is 0. The summed E-state index contributed by atoms with van der Waals surface area (Å²) >= 11 is 4.34. The largest absolute Gasteiger partial charge is 0.480 e. The number of carbonyl (C=O) groups is 2. The number of aryl methyl sites for hydroxylation is 1. The molecule has 0 fully saturated rings. The number of aliphatic carboxylic acids is 1. The molecule has 1 aliphatic rings. The predicted octanol–water partition coefficient (Wildman–Crippen LogP) is 1.85. The van der Waals surface area contributed by atoms with E-state index in [-0.39, 0.29) is 17.7 Å². The van der Waals surface area contributed by atoms with Gasteiger partial charge in [0.25, 0.3) is 0 Å². The number of carboxylic acids is 1. The number of carbonyl (C=O) groups excluding carboxylic acids is 1. The van der Waals surface area contributed by atoms with E-state index in [1.165, 1.54) is 12.5 Å². The summed E-state index contributed by atoms with van der Waals surface area (Å²) in [5.74, 6) is -0.780. The highest BCUT2D eigenvalue weighted by molar-refractivity contribution is 7.80. The van der Waals surface area contributed by atoms with Gasteiger partial charge in [0.05, 0.1) is 5.92 Å². The summed E-state index contributed by atoms with van der Waals surface area (Å²) in [5, 5.41) is 11.5. The van der Waals surface area contributed by atoms with Crippen LogP contribution in [0.4, 0.5) is 0 Å². The third kappa shape index (κ3) is 2.98. The van der Waals surface area contributed by atoms with E-state index < -0.39 is 12.0 Å². The van der Waals surface area contributed by atoms with Crippen molar-refractivity contribution < 1.29 is 14.7 Å². The molecule has 1 amide bonds. The van der Waals surface area contributed by atoms with Crippen molar-refractivity contribution in [2.75, 3.05) is 5.75 Å². The standard InChI is InChI=1S/C15H19NO3S/c1-9(15(18)19)16-14(17)13-11(8-20)7-6-10-4-2-3-5-12(10)13/h2-5,9,11,13,20H,6-8H2,1H3,(H,16,17)(H,18,19)/t9-,11?,13?/m0/s1. The van der Waals surface area contributed by atoms with Gasteiger partial charge in [-0.2, -0.15) is 12.6 Å². The first kappa shape index (κ1) is 14.9. The van der Waals surface area contributed by atoms with Crippen LogP contribution in [0.15, 0.2) is 24.3 Å². The van der Waals surface area contributed by atoms with E-state index in [0.717, 1.165) is 18.4 Å². The van der Waals surface area contributed by atoms with Gasteiger partial charge in [-0.1, -0.05) is 24.3 Å². The van der Waals surface area contributed by atoms with Crippen molar-refractivity contribution in [2.24, 2.45) is 5.92 Å². The number of carboxylic acid groups (broad SMARTS) is 1. The fourth-order valence-corrected chi connectivity index (χ4v) is 3.14. The lowest BCUT2D eigenvalue weighted by Gasteiger charge is -2.32. The van der Waals surface area contributed by atoms with Gasteiger partial charge in [0.15, 0.2) is 0 Å². The summed E-state index contributed by atoms with van der Waals surface area (Å²) in [5.41, 5.74) is 2.18. The van der Waals surface area contributed by atoms with Crippen molar-refractivity contribution in [3.05, 3.63) is 35.4 Å². The lowest BCUT2D eigenvalue weighted by atomic mass is 9.75. The number of hydrogen-bond donors (Lipinski definition) is 3. The van der Waals surface area contributed by atoms with Gasteiger partial charge >= 0.3 is 5.97 Å². The van der Waals surface area contributed by atoms with Crippen molar-refractivity contribution in [1.82, 2.24) is 5.32 Å². The topological polar surface area (TPSA) is 66.4 Å². The number of rotatable bonds is 4. The first-order chi connectivity index (χ1) is 9.54. The molecule has 1 aliphatic carbocycles. The lowest BCUT2D eigenvalue weighted by Crippen LogP contribution is -2.44. The molecule has 1 aromatic rings. The minimum Gasteiger partial charge on any atom is -0.480 e. The number of nitrogens with one attached hydrogen (secondary N) is 1. The van der Waals surface area contributed by atoms with E-state index in [9.17, 15) is 9.59 Å². The molecule has 3 atom stereocenters. The van der Waals surface area contributed by atoms with Crippen LogP contribution in [0.2, 0.25) is 0 Å². The molecule has 108 valence electrons. The minimum absolute atomic E-state index is 0.147. The Hall–Kier alpha value is -1.49. The van der Waals surface area contributed by atoms with E-state index in [0.29, 0.717) is 5.75 Å². The summed E-state index contributed by atoms with van der Waals surface area (Å²) in [6.45, 7) is 1.48. The number of benzene rings is 1. The quantitative estimate of drug-likeness (QED) is 0.742. The first-order valence-electron chi connectivity index (χ1n) is 6.76. The average Bonchev–Trinajstić information content (AvgIpc) is 2.45. The third-order valence-electron chi connectivity index (χ3n) is 3.89. The van der Waals surface area contributed by atoms with Crippen molar-refractivity contribution in [3.8, 4) is 0 Å². The van der Waals surface area contributed by atoms with E-state index in [1.54, 1.807) is 0 Å². The van der Waals surface area contributed by atoms with Gasteiger partial charge in [0, 0.05) is 0 Å². The normalized spacial score (nSPS) is 22.7. The van der Waals surface area contributed by atoms with Gasteiger partial charge < -0.3 is 10.4 Å². The van der Waals surface area contributed by atoms with E-state index in [4.69, 9.17) is 5.11 Å². The summed E-state index contributed by atoms with van der Waals surface area (Å²) in [6.07, 6.45) is 1.85. The van der Waals surface area contributed by atoms with E-state index in [2.05, 4.69) is 17.9 Å². The minimum atomic E-state index is -1.02. The van der Waals surface area contributed by atoms with Gasteiger partial charge in [-0.15, -0.1) is 0 Å². The second kappa shape index (κ2) is 6.31. The molecule has 0 spiro atoms. The Balaban J connectivity index is 2.27. The van der Waals surface area contributed by atoms with Crippen molar-refractivity contribution in [1.29, 1.82) is 0 Å². The Morgan fingerprint density at radius 2 is 2.15 bits per heavy atom. The van der Waals surface area contributed by atoms with Crippen LogP contribution in [0.1, 0.15) is 30.4 Å². The molecule has 0 radical (unpaired) electrons. The Bertz CT molecular complexity index is 518. The zero-order chi connectivity index (χ0) is 14.7. The van der Waals surface area contributed by atoms with E-state index in [1.807, 2.05) is 24.3 Å². The Morgan fingerprint density at radius 3 is 2.80 bits per heavy atom. The first-order valence-corrected chi connectivity index (χ1v) is 7.39. The second-order valence-corrected chi connectivity index (χ2v) is 5.59. The zero-order valence-corrected chi connectivity index (χ0v) is 12.3. The van der Waals surface area contributed by atoms with Crippen LogP contribution in [0, 0.1) is 5.92 Å². The fraction of sp³-hybridized carbons (Fsp3) is 0.467. The molecule has 5 heteroatoms. The maximum atomic E-state index is 12.4. The van der Waals surface area contributed by atoms with Crippen LogP contribution >= 0.6 is 12.6 Å². The van der Waals surface area contributed by atoms with Gasteiger partial charge in [0.1, 0.15) is 6.04 Å².